The molecule has 0 saturated heterocycles. The molecule has 0 aromatic heterocycles. The molecule has 0 fully saturated rings. The summed E-state index contributed by atoms with van der Waals surface area (Å²) in [5.74, 6) is 0. The van der Waals surface area contributed by atoms with E-state index in [0.717, 1.165) is 0 Å². The summed E-state index contributed by atoms with van der Waals surface area (Å²) in [5.41, 5.74) is 0. The minimum atomic E-state index is 0. The van der Waals surface area contributed by atoms with Crippen molar-refractivity contribution in [3.05, 3.63) is 4.91 Å². The van der Waals surface area contributed by atoms with Gasteiger partial charge in [0.25, 0.3) is 0 Å². The summed E-state index contributed by atoms with van der Waals surface area (Å²) >= 11 is 0. The number of rotatable bonds is 0. The third-order valence-corrected chi connectivity index (χ3v) is 0. The van der Waals surface area contributed by atoms with E-state index in [-0.39, 0.29) is 25.6 Å². The summed E-state index contributed by atoms with van der Waals surface area (Å²) in [4.78, 5) is 8.11. The van der Waals surface area contributed by atoms with Crippen LogP contribution in [0.3, 0.4) is 0 Å². The van der Waals surface area contributed by atoms with Gasteiger partial charge in [-0.1, -0.05) is 0 Å². The average Bonchev–Trinajstić information content (AvgIpc) is 0.918. The number of hydrogen-bond donors (Lipinski definition) is 2. The van der Waals surface area contributed by atoms with E-state index in [2.05, 4.69) is 0 Å². The van der Waals surface area contributed by atoms with Crippen molar-refractivity contribution < 1.29 is 24.7 Å². The fraction of sp³-hybridized carbons (Fsp3) is 0. The topological polar surface area (TPSA) is 84.7 Å². The largest absolute Gasteiger partial charge is 0.379 e. The Morgan fingerprint density at radius 2 is 1.60 bits per heavy atom. The van der Waals surface area contributed by atoms with Crippen LogP contribution in [0.25, 0.3) is 0 Å². The summed E-state index contributed by atoms with van der Waals surface area (Å²) in [7, 11) is 0. The molecule has 34 valence electrons. The number of hydrogen-bond acceptors (Lipinski definition) is 3. The predicted octanol–water partition coefficient (Wildman–Crippen LogP) is 0.301. The van der Waals surface area contributed by atoms with Crippen molar-refractivity contribution in [2.45, 2.75) is 0 Å². The fourth-order valence-corrected chi connectivity index (χ4v) is 0. The first-order valence-corrected chi connectivity index (χ1v) is 0.383. The molecule has 0 bridgehead atoms. The predicted molar refractivity (Wildman–Crippen MR) is 12.6 cm³/mol. The van der Waals surface area contributed by atoms with Crippen LogP contribution in [0.5, 0.6) is 0 Å². The molecule has 4 N–H and O–H groups in total. The molecule has 0 spiro atoms. The summed E-state index contributed by atoms with van der Waals surface area (Å²) in [6.07, 6.45) is 0. The van der Waals surface area contributed by atoms with Gasteiger partial charge in [-0.15, -0.1) is 4.91 Å². The van der Waals surface area contributed by atoms with Crippen LogP contribution >= 0.6 is 0 Å². The van der Waals surface area contributed by atoms with E-state index in [0.29, 0.717) is 0 Å². The molecule has 0 aromatic rings. The van der Waals surface area contributed by atoms with Crippen LogP contribution in [0, 0.1) is 4.91 Å². The second-order valence-corrected chi connectivity index (χ2v) is 0.0816. The van der Waals surface area contributed by atoms with Crippen molar-refractivity contribution in [2.75, 3.05) is 0 Å². The Labute approximate surface area is 41.8 Å². The van der Waals surface area contributed by atoms with Crippen LogP contribution in [0.4, 0.5) is 0 Å². The van der Waals surface area contributed by atoms with Crippen LogP contribution in [-0.2, 0) is 19.5 Å². The molecule has 0 aliphatic carbocycles. The first-order valence-electron chi connectivity index (χ1n) is 0.383. The van der Waals surface area contributed by atoms with Crippen molar-refractivity contribution in [1.29, 1.82) is 0 Å². The first-order chi connectivity index (χ1) is 1.41. The van der Waals surface area contributed by atoms with E-state index >= 15 is 0 Å². The molecule has 0 aliphatic rings. The van der Waals surface area contributed by atoms with Crippen molar-refractivity contribution >= 4 is 0 Å². The van der Waals surface area contributed by atoms with Gasteiger partial charge in [0.05, 0.1) is 0 Å². The summed E-state index contributed by atoms with van der Waals surface area (Å²) in [6.45, 7) is 0. The Bertz CT molecular complexity index is 15.1. The Balaban J connectivity index is -0.0000000200. The fourth-order valence-electron chi connectivity index (χ4n) is 0. The van der Waals surface area contributed by atoms with Crippen LogP contribution in [0.1, 0.15) is 0 Å². The van der Waals surface area contributed by atoms with Gasteiger partial charge in [-0.25, -0.2) is 0 Å². The minimum Gasteiger partial charge on any atom is -0.379 e. The molecule has 0 saturated carbocycles. The SMILES string of the molecule is N.O=NO.[Ru]. The summed E-state index contributed by atoms with van der Waals surface area (Å²) in [5, 5.41) is 7.89. The van der Waals surface area contributed by atoms with E-state index in [9.17, 15) is 0 Å². The molecule has 5 heavy (non-hydrogen) atoms. The van der Waals surface area contributed by atoms with Crippen molar-refractivity contribution in [3.8, 4) is 0 Å². The Hall–Kier alpha value is -0.0166. The molecule has 5 heteroatoms. The molecular weight excluding hydrogens is 161 g/mol. The van der Waals surface area contributed by atoms with Gasteiger partial charge >= 0.3 is 0 Å². The Kier molecular flexibility index (Phi) is 147. The monoisotopic (exact) mass is 166 g/mol. The third-order valence-electron chi connectivity index (χ3n) is 0. The second kappa shape index (κ2) is 36.7. The minimum absolute atomic E-state index is 0. The van der Waals surface area contributed by atoms with Gasteiger partial charge < -0.3 is 11.4 Å². The van der Waals surface area contributed by atoms with Crippen molar-refractivity contribution in [2.24, 2.45) is 5.34 Å². The van der Waals surface area contributed by atoms with E-state index in [1.807, 2.05) is 0 Å². The Morgan fingerprint density at radius 3 is 1.60 bits per heavy atom. The van der Waals surface area contributed by atoms with E-state index in [1.165, 1.54) is 5.34 Å². The Morgan fingerprint density at radius 1 is 1.60 bits per heavy atom. The zero-order valence-electron chi connectivity index (χ0n) is 2.36. The molecular formula is H4N2O2Ru. The smallest absolute Gasteiger partial charge is 0.152 e. The quantitative estimate of drug-likeness (QED) is 0.307. The normalized spacial score (nSPS) is 2.40. The van der Waals surface area contributed by atoms with E-state index < -0.39 is 0 Å². The van der Waals surface area contributed by atoms with Crippen LogP contribution < -0.4 is 6.15 Å². The zero-order chi connectivity index (χ0) is 2.71. The molecule has 0 unspecified atom stereocenters. The molecule has 4 nitrogen and oxygen atoms in total. The standard InChI is InChI=1S/HNO2.H3N.Ru/c2-1-3;;/h(H,2,3);1H3;. The maximum Gasteiger partial charge on any atom is 0.152 e. The first kappa shape index (κ1) is 20.1. The van der Waals surface area contributed by atoms with Gasteiger partial charge in [-0.2, -0.15) is 0 Å². The van der Waals surface area contributed by atoms with Gasteiger partial charge in [0.1, 0.15) is 0 Å². The summed E-state index contributed by atoms with van der Waals surface area (Å²) in [6, 6.07) is 0. The third kappa shape index (κ3) is 56700. The maximum absolute atomic E-state index is 8.11. The van der Waals surface area contributed by atoms with Gasteiger partial charge in [-0.3, -0.25) is 0 Å². The van der Waals surface area contributed by atoms with Crippen LogP contribution in [0.2, 0.25) is 0 Å². The average molecular weight is 165 g/mol. The number of nitrogens with zero attached hydrogens (tertiary/aromatic N) is 1. The molecule has 0 radical (unpaired) electrons. The van der Waals surface area contributed by atoms with E-state index in [4.69, 9.17) is 10.1 Å². The van der Waals surface area contributed by atoms with Crippen molar-refractivity contribution in [3.63, 3.8) is 0 Å². The van der Waals surface area contributed by atoms with Gasteiger partial charge in [0.15, 0.2) is 5.34 Å². The molecule has 0 aromatic carbocycles. The molecule has 0 atom stereocenters. The second-order valence-electron chi connectivity index (χ2n) is 0.0816. The molecule has 0 rings (SSSR count). The zero-order valence-corrected chi connectivity index (χ0v) is 4.10. The molecule has 0 heterocycles. The molecule has 0 aliphatic heterocycles. The van der Waals surface area contributed by atoms with Crippen LogP contribution in [0.15, 0.2) is 5.34 Å². The summed E-state index contributed by atoms with van der Waals surface area (Å²) < 4.78 is 0. The van der Waals surface area contributed by atoms with Gasteiger partial charge in [-0.05, 0) is 0 Å². The van der Waals surface area contributed by atoms with E-state index in [1.54, 1.807) is 0 Å². The van der Waals surface area contributed by atoms with Gasteiger partial charge in [0.2, 0.25) is 0 Å². The van der Waals surface area contributed by atoms with Crippen LogP contribution in [-0.4, -0.2) is 5.21 Å². The molecule has 0 amide bonds. The maximum atomic E-state index is 8.11. The van der Waals surface area contributed by atoms with Gasteiger partial charge in [0, 0.05) is 19.5 Å². The van der Waals surface area contributed by atoms with Crippen molar-refractivity contribution in [1.82, 2.24) is 6.15 Å².